The molecule has 1 rings (SSSR count). The minimum Gasteiger partial charge on any atom is -0.496 e. The summed E-state index contributed by atoms with van der Waals surface area (Å²) in [4.78, 5) is 0. The summed E-state index contributed by atoms with van der Waals surface area (Å²) in [5.74, 6) is 0.928. The number of ether oxygens (including phenoxy) is 1. The molecular formula is C13H20BrNO. The topological polar surface area (TPSA) is 21.3 Å². The van der Waals surface area contributed by atoms with Gasteiger partial charge in [-0.1, -0.05) is 36.7 Å². The monoisotopic (exact) mass is 285 g/mol. The predicted molar refractivity (Wildman–Crippen MR) is 71.9 cm³/mol. The zero-order chi connectivity index (χ0) is 12.3. The summed E-state index contributed by atoms with van der Waals surface area (Å²) in [5.41, 5.74) is 1.33. The predicted octanol–water partition coefficient (Wildman–Crippen LogP) is 3.76. The molecule has 0 aliphatic rings. The molecule has 0 radical (unpaired) electrons. The van der Waals surface area contributed by atoms with Crippen LogP contribution in [0.4, 0.5) is 0 Å². The third kappa shape index (κ3) is 2.98. The summed E-state index contributed by atoms with van der Waals surface area (Å²) in [6.45, 7) is 6.65. The minimum atomic E-state index is 0.142. The van der Waals surface area contributed by atoms with Gasteiger partial charge in [0, 0.05) is 16.1 Å². The Labute approximate surface area is 107 Å². The van der Waals surface area contributed by atoms with Crippen molar-refractivity contribution in [3.05, 3.63) is 28.2 Å². The first-order valence-electron chi connectivity index (χ1n) is 5.41. The van der Waals surface area contributed by atoms with Crippen LogP contribution in [0.2, 0.25) is 0 Å². The third-order valence-electron chi connectivity index (χ3n) is 2.66. The highest BCUT2D eigenvalue weighted by molar-refractivity contribution is 9.10. The summed E-state index contributed by atoms with van der Waals surface area (Å²) < 4.78 is 6.49. The van der Waals surface area contributed by atoms with E-state index in [4.69, 9.17) is 4.74 Å². The molecule has 1 aromatic carbocycles. The fraction of sp³-hybridized carbons (Fsp3) is 0.538. The molecule has 1 aromatic rings. The molecule has 2 nitrogen and oxygen atoms in total. The van der Waals surface area contributed by atoms with E-state index >= 15 is 0 Å². The first kappa shape index (κ1) is 13.5. The van der Waals surface area contributed by atoms with Crippen LogP contribution in [0.1, 0.15) is 32.4 Å². The van der Waals surface area contributed by atoms with Crippen molar-refractivity contribution in [3.8, 4) is 5.75 Å². The first-order chi connectivity index (χ1) is 7.40. The smallest absolute Gasteiger partial charge is 0.123 e. The van der Waals surface area contributed by atoms with Crippen LogP contribution in [0.5, 0.6) is 5.75 Å². The largest absolute Gasteiger partial charge is 0.496 e. The van der Waals surface area contributed by atoms with Gasteiger partial charge in [0.05, 0.1) is 7.11 Å². The molecule has 1 unspecified atom stereocenters. The molecule has 0 aromatic heterocycles. The Morgan fingerprint density at radius 2 is 1.94 bits per heavy atom. The van der Waals surface area contributed by atoms with Crippen molar-refractivity contribution in [2.45, 2.75) is 26.8 Å². The van der Waals surface area contributed by atoms with Gasteiger partial charge in [0.1, 0.15) is 5.75 Å². The van der Waals surface area contributed by atoms with Gasteiger partial charge in [-0.2, -0.15) is 0 Å². The molecule has 16 heavy (non-hydrogen) atoms. The quantitative estimate of drug-likeness (QED) is 0.913. The second-order valence-electron chi connectivity index (χ2n) is 4.97. The third-order valence-corrected chi connectivity index (χ3v) is 3.15. The highest BCUT2D eigenvalue weighted by Gasteiger charge is 2.27. The molecule has 0 spiro atoms. The second kappa shape index (κ2) is 5.19. The van der Waals surface area contributed by atoms with Gasteiger partial charge in [-0.15, -0.1) is 0 Å². The van der Waals surface area contributed by atoms with Crippen molar-refractivity contribution in [3.63, 3.8) is 0 Å². The lowest BCUT2D eigenvalue weighted by molar-refractivity contribution is 0.277. The molecule has 3 heteroatoms. The van der Waals surface area contributed by atoms with Crippen molar-refractivity contribution in [2.75, 3.05) is 14.2 Å². The maximum atomic E-state index is 5.42. The highest BCUT2D eigenvalue weighted by Crippen LogP contribution is 2.38. The average molecular weight is 286 g/mol. The van der Waals surface area contributed by atoms with Gasteiger partial charge in [0.2, 0.25) is 0 Å². The number of rotatable bonds is 3. The second-order valence-corrected chi connectivity index (χ2v) is 5.89. The molecule has 0 saturated heterocycles. The molecule has 1 N–H and O–H groups in total. The average Bonchev–Trinajstić information content (AvgIpc) is 2.17. The van der Waals surface area contributed by atoms with Crippen LogP contribution in [0.25, 0.3) is 0 Å². The number of nitrogens with one attached hydrogen (secondary N) is 1. The van der Waals surface area contributed by atoms with E-state index in [1.807, 2.05) is 19.2 Å². The maximum Gasteiger partial charge on any atom is 0.123 e. The zero-order valence-corrected chi connectivity index (χ0v) is 12.2. The molecule has 90 valence electrons. The fourth-order valence-corrected chi connectivity index (χ4v) is 2.36. The summed E-state index contributed by atoms with van der Waals surface area (Å²) in [6.07, 6.45) is 0. The van der Waals surface area contributed by atoms with Crippen LogP contribution in [-0.2, 0) is 0 Å². The number of benzene rings is 1. The fourth-order valence-electron chi connectivity index (χ4n) is 1.99. The van der Waals surface area contributed by atoms with E-state index < -0.39 is 0 Å². The Morgan fingerprint density at radius 1 is 1.31 bits per heavy atom. The van der Waals surface area contributed by atoms with Gasteiger partial charge < -0.3 is 10.1 Å². The molecule has 0 amide bonds. The summed E-state index contributed by atoms with van der Waals surface area (Å²) in [6, 6.07) is 6.37. The van der Waals surface area contributed by atoms with E-state index in [0.717, 1.165) is 10.2 Å². The Bertz CT molecular complexity index is 357. The van der Waals surface area contributed by atoms with Crippen molar-refractivity contribution in [1.29, 1.82) is 0 Å². The Morgan fingerprint density at radius 3 is 2.38 bits per heavy atom. The molecule has 0 fully saturated rings. The first-order valence-corrected chi connectivity index (χ1v) is 6.20. The lowest BCUT2D eigenvalue weighted by atomic mass is 9.82. The highest BCUT2D eigenvalue weighted by atomic mass is 79.9. The summed E-state index contributed by atoms with van der Waals surface area (Å²) in [7, 11) is 3.69. The molecular weight excluding hydrogens is 266 g/mol. The molecule has 0 aliphatic carbocycles. The molecule has 0 saturated carbocycles. The van der Waals surface area contributed by atoms with E-state index in [1.165, 1.54) is 5.56 Å². The number of methoxy groups -OCH3 is 1. The van der Waals surface area contributed by atoms with Crippen molar-refractivity contribution < 1.29 is 4.74 Å². The Balaban J connectivity index is 3.23. The normalized spacial score (nSPS) is 13.6. The van der Waals surface area contributed by atoms with Crippen molar-refractivity contribution >= 4 is 15.9 Å². The number of hydrogen-bond acceptors (Lipinski definition) is 2. The van der Waals surface area contributed by atoms with Gasteiger partial charge in [0.15, 0.2) is 0 Å². The Kier molecular flexibility index (Phi) is 4.39. The standard InChI is InChI=1S/C13H20BrNO/c1-13(2,3)12(15-4)10-8-9(14)6-7-11(10)16-5/h6-8,12,15H,1-5H3. The minimum absolute atomic E-state index is 0.142. The molecule has 1 atom stereocenters. The van der Waals surface area contributed by atoms with Crippen molar-refractivity contribution in [2.24, 2.45) is 5.41 Å². The van der Waals surface area contributed by atoms with Crippen molar-refractivity contribution in [1.82, 2.24) is 5.32 Å². The lowest BCUT2D eigenvalue weighted by Gasteiger charge is -2.32. The van der Waals surface area contributed by atoms with Gasteiger partial charge >= 0.3 is 0 Å². The SMILES string of the molecule is CNC(c1cc(Br)ccc1OC)C(C)(C)C. The summed E-state index contributed by atoms with van der Waals surface area (Å²) in [5, 5.41) is 3.36. The summed E-state index contributed by atoms with van der Waals surface area (Å²) >= 11 is 3.51. The molecule has 0 bridgehead atoms. The van der Waals surface area contributed by atoms with E-state index in [1.54, 1.807) is 7.11 Å². The zero-order valence-electron chi connectivity index (χ0n) is 10.6. The lowest BCUT2D eigenvalue weighted by Crippen LogP contribution is -2.30. The van der Waals surface area contributed by atoms with E-state index in [-0.39, 0.29) is 11.5 Å². The van der Waals surface area contributed by atoms with Crippen LogP contribution < -0.4 is 10.1 Å². The van der Waals surface area contributed by atoms with Gasteiger partial charge in [-0.3, -0.25) is 0 Å². The van der Waals surface area contributed by atoms with Gasteiger partial charge in [-0.05, 0) is 30.7 Å². The van der Waals surface area contributed by atoms with Gasteiger partial charge in [-0.25, -0.2) is 0 Å². The molecule has 0 aliphatic heterocycles. The van der Waals surface area contributed by atoms with Crippen LogP contribution >= 0.6 is 15.9 Å². The maximum absolute atomic E-state index is 5.42. The number of halogens is 1. The van der Waals surface area contributed by atoms with Crippen LogP contribution in [0.3, 0.4) is 0 Å². The molecule has 0 heterocycles. The van der Waals surface area contributed by atoms with Crippen LogP contribution in [0, 0.1) is 5.41 Å². The Hall–Kier alpha value is -0.540. The number of hydrogen-bond donors (Lipinski definition) is 1. The van der Waals surface area contributed by atoms with Crippen LogP contribution in [-0.4, -0.2) is 14.2 Å². The van der Waals surface area contributed by atoms with Gasteiger partial charge in [0.25, 0.3) is 0 Å². The van der Waals surface area contributed by atoms with E-state index in [2.05, 4.69) is 48.1 Å². The van der Waals surface area contributed by atoms with E-state index in [0.29, 0.717) is 0 Å². The van der Waals surface area contributed by atoms with Crippen LogP contribution in [0.15, 0.2) is 22.7 Å². The van der Waals surface area contributed by atoms with E-state index in [9.17, 15) is 0 Å².